The average Bonchev–Trinajstić information content (AvgIpc) is 3.39. The fourth-order valence-corrected chi connectivity index (χ4v) is 2.81. The summed E-state index contributed by atoms with van der Waals surface area (Å²) in [5, 5.41) is 10.7. The molecule has 1 fully saturated rings. The fourth-order valence-electron chi connectivity index (χ4n) is 2.81. The Balaban J connectivity index is 1.69. The number of amides is 1. The van der Waals surface area contributed by atoms with Crippen LogP contribution in [0.3, 0.4) is 0 Å². The van der Waals surface area contributed by atoms with E-state index in [1.807, 2.05) is 12.1 Å². The van der Waals surface area contributed by atoms with Crippen molar-refractivity contribution < 1.29 is 9.53 Å². The largest absolute Gasteiger partial charge is 0.497 e. The van der Waals surface area contributed by atoms with Crippen LogP contribution in [0, 0.1) is 5.92 Å². The van der Waals surface area contributed by atoms with E-state index in [0.717, 1.165) is 61.3 Å². The number of carbonyl (C=O) groups is 1. The minimum atomic E-state index is 0.138. The van der Waals surface area contributed by atoms with Crippen molar-refractivity contribution in [2.75, 3.05) is 12.4 Å². The highest BCUT2D eigenvalue weighted by atomic mass is 16.5. The van der Waals surface area contributed by atoms with E-state index in [-0.39, 0.29) is 11.8 Å². The number of nitrogens with zero attached hydrogens (tertiary/aromatic N) is 1. The predicted octanol–water partition coefficient (Wildman–Crippen LogP) is 3.50. The van der Waals surface area contributed by atoms with Gasteiger partial charge in [0.1, 0.15) is 5.75 Å². The SMILES string of the molecule is CCCc1[nH]nc(CCc2ccc(OC)cc2)c1NC(=O)C1CC1. The van der Waals surface area contributed by atoms with Crippen LogP contribution in [0.25, 0.3) is 0 Å². The lowest BCUT2D eigenvalue weighted by Crippen LogP contribution is -2.15. The first-order valence-corrected chi connectivity index (χ1v) is 8.71. The Kier molecular flexibility index (Phi) is 5.18. The maximum atomic E-state index is 12.2. The first-order chi connectivity index (χ1) is 11.7. The van der Waals surface area contributed by atoms with Gasteiger partial charge >= 0.3 is 0 Å². The monoisotopic (exact) mass is 327 g/mol. The predicted molar refractivity (Wildman–Crippen MR) is 94.3 cm³/mol. The zero-order valence-corrected chi connectivity index (χ0v) is 14.4. The van der Waals surface area contributed by atoms with Crippen LogP contribution in [0.2, 0.25) is 0 Å². The number of benzene rings is 1. The molecule has 24 heavy (non-hydrogen) atoms. The van der Waals surface area contributed by atoms with Crippen LogP contribution in [0.4, 0.5) is 5.69 Å². The molecule has 1 aliphatic rings. The Labute approximate surface area is 142 Å². The third kappa shape index (κ3) is 3.96. The molecule has 1 saturated carbocycles. The van der Waals surface area contributed by atoms with Crippen molar-refractivity contribution in [3.8, 4) is 5.75 Å². The Bertz CT molecular complexity index is 687. The number of aromatic nitrogens is 2. The van der Waals surface area contributed by atoms with E-state index in [2.05, 4.69) is 34.6 Å². The number of nitrogens with one attached hydrogen (secondary N) is 2. The van der Waals surface area contributed by atoms with E-state index in [1.165, 1.54) is 5.56 Å². The molecule has 2 N–H and O–H groups in total. The Morgan fingerprint density at radius 1 is 1.25 bits per heavy atom. The van der Waals surface area contributed by atoms with Crippen molar-refractivity contribution in [1.29, 1.82) is 0 Å². The smallest absolute Gasteiger partial charge is 0.227 e. The summed E-state index contributed by atoms with van der Waals surface area (Å²) < 4.78 is 5.19. The number of hydrogen-bond acceptors (Lipinski definition) is 3. The highest BCUT2D eigenvalue weighted by molar-refractivity contribution is 5.95. The van der Waals surface area contributed by atoms with Crippen LogP contribution >= 0.6 is 0 Å². The number of methoxy groups -OCH3 is 1. The van der Waals surface area contributed by atoms with Gasteiger partial charge < -0.3 is 10.1 Å². The standard InChI is InChI=1S/C19H25N3O2/c1-3-4-16-18(20-19(23)14-8-9-14)17(22-21-16)12-7-13-5-10-15(24-2)11-6-13/h5-6,10-11,14H,3-4,7-9,12H2,1-2H3,(H,20,23)(H,21,22). The summed E-state index contributed by atoms with van der Waals surface area (Å²) in [5.41, 5.74) is 4.12. The van der Waals surface area contributed by atoms with E-state index in [4.69, 9.17) is 4.74 Å². The molecule has 0 bridgehead atoms. The molecule has 1 amide bonds. The first kappa shape index (κ1) is 16.6. The fraction of sp³-hybridized carbons (Fsp3) is 0.474. The number of aryl methyl sites for hydroxylation is 3. The normalized spacial score (nSPS) is 13.8. The van der Waals surface area contributed by atoms with E-state index in [1.54, 1.807) is 7.11 Å². The van der Waals surface area contributed by atoms with Gasteiger partial charge in [0.15, 0.2) is 0 Å². The molecule has 2 aromatic rings. The molecule has 0 atom stereocenters. The van der Waals surface area contributed by atoms with Crippen LogP contribution in [-0.4, -0.2) is 23.2 Å². The molecule has 0 saturated heterocycles. The molecule has 128 valence electrons. The zero-order chi connectivity index (χ0) is 16.9. The molecule has 1 aliphatic carbocycles. The quantitative estimate of drug-likeness (QED) is 0.780. The summed E-state index contributed by atoms with van der Waals surface area (Å²) >= 11 is 0. The molecule has 0 spiro atoms. The minimum absolute atomic E-state index is 0.138. The van der Waals surface area contributed by atoms with Gasteiger partial charge in [-0.1, -0.05) is 25.5 Å². The molecule has 5 nitrogen and oxygen atoms in total. The van der Waals surface area contributed by atoms with Crippen LogP contribution in [0.5, 0.6) is 5.75 Å². The average molecular weight is 327 g/mol. The van der Waals surface area contributed by atoms with Crippen molar-refractivity contribution >= 4 is 11.6 Å². The summed E-state index contributed by atoms with van der Waals surface area (Å²) in [7, 11) is 1.67. The summed E-state index contributed by atoms with van der Waals surface area (Å²) in [6.45, 7) is 2.13. The van der Waals surface area contributed by atoms with Gasteiger partial charge in [-0.3, -0.25) is 9.89 Å². The van der Waals surface area contributed by atoms with Gasteiger partial charge in [0, 0.05) is 5.92 Å². The van der Waals surface area contributed by atoms with Gasteiger partial charge in [0.25, 0.3) is 0 Å². The summed E-state index contributed by atoms with van der Waals surface area (Å²) in [6.07, 6.45) is 5.61. The van der Waals surface area contributed by atoms with Gasteiger partial charge in [-0.25, -0.2) is 0 Å². The first-order valence-electron chi connectivity index (χ1n) is 8.71. The number of ether oxygens (including phenoxy) is 1. The van der Waals surface area contributed by atoms with Gasteiger partial charge in [-0.15, -0.1) is 0 Å². The van der Waals surface area contributed by atoms with E-state index >= 15 is 0 Å². The van der Waals surface area contributed by atoms with Crippen molar-refractivity contribution in [1.82, 2.24) is 10.2 Å². The summed E-state index contributed by atoms with van der Waals surface area (Å²) in [6, 6.07) is 8.08. The van der Waals surface area contributed by atoms with Crippen LogP contribution < -0.4 is 10.1 Å². The third-order valence-corrected chi connectivity index (χ3v) is 4.42. The summed E-state index contributed by atoms with van der Waals surface area (Å²) in [5.74, 6) is 1.20. The number of carbonyl (C=O) groups excluding carboxylic acids is 1. The Morgan fingerprint density at radius 2 is 2.00 bits per heavy atom. The number of hydrogen-bond donors (Lipinski definition) is 2. The topological polar surface area (TPSA) is 67.0 Å². The summed E-state index contributed by atoms with van der Waals surface area (Å²) in [4.78, 5) is 12.2. The van der Waals surface area contributed by atoms with Crippen LogP contribution in [0.1, 0.15) is 43.1 Å². The molecule has 0 radical (unpaired) electrons. The van der Waals surface area contributed by atoms with Crippen molar-refractivity contribution in [2.45, 2.75) is 45.4 Å². The number of H-pyrrole nitrogens is 1. The maximum Gasteiger partial charge on any atom is 0.227 e. The van der Waals surface area contributed by atoms with E-state index < -0.39 is 0 Å². The molecule has 0 aliphatic heterocycles. The molecule has 0 unspecified atom stereocenters. The lowest BCUT2D eigenvalue weighted by atomic mass is 10.1. The van der Waals surface area contributed by atoms with Crippen LogP contribution in [-0.2, 0) is 24.1 Å². The molecule has 3 rings (SSSR count). The minimum Gasteiger partial charge on any atom is -0.497 e. The number of rotatable bonds is 8. The Hall–Kier alpha value is -2.30. The van der Waals surface area contributed by atoms with Gasteiger partial charge in [0.05, 0.1) is 24.2 Å². The molecule has 1 aromatic carbocycles. The van der Waals surface area contributed by atoms with Gasteiger partial charge in [-0.2, -0.15) is 5.10 Å². The van der Waals surface area contributed by atoms with Crippen molar-refractivity contribution in [2.24, 2.45) is 5.92 Å². The maximum absolute atomic E-state index is 12.2. The lowest BCUT2D eigenvalue weighted by molar-refractivity contribution is -0.117. The second kappa shape index (κ2) is 7.51. The van der Waals surface area contributed by atoms with Gasteiger partial charge in [0.2, 0.25) is 5.91 Å². The van der Waals surface area contributed by atoms with Crippen LogP contribution in [0.15, 0.2) is 24.3 Å². The molecular weight excluding hydrogens is 302 g/mol. The third-order valence-electron chi connectivity index (χ3n) is 4.42. The number of anilines is 1. The second-order valence-corrected chi connectivity index (χ2v) is 6.39. The molecular formula is C19H25N3O2. The Morgan fingerprint density at radius 3 is 2.62 bits per heavy atom. The lowest BCUT2D eigenvalue weighted by Gasteiger charge is -2.08. The van der Waals surface area contributed by atoms with Gasteiger partial charge in [-0.05, 0) is 49.8 Å². The second-order valence-electron chi connectivity index (χ2n) is 6.39. The molecule has 1 aromatic heterocycles. The van der Waals surface area contributed by atoms with E-state index in [9.17, 15) is 4.79 Å². The highest BCUT2D eigenvalue weighted by Crippen LogP contribution is 2.31. The van der Waals surface area contributed by atoms with E-state index in [0.29, 0.717) is 0 Å². The van der Waals surface area contributed by atoms with Crippen molar-refractivity contribution in [3.63, 3.8) is 0 Å². The van der Waals surface area contributed by atoms with Crippen molar-refractivity contribution in [3.05, 3.63) is 41.2 Å². The highest BCUT2D eigenvalue weighted by Gasteiger charge is 2.30. The molecule has 1 heterocycles. The molecule has 5 heteroatoms. The number of aromatic amines is 1. The zero-order valence-electron chi connectivity index (χ0n) is 14.4.